The van der Waals surface area contributed by atoms with Crippen LogP contribution in [-0.4, -0.2) is 23.1 Å². The van der Waals surface area contributed by atoms with Crippen molar-refractivity contribution in [1.82, 2.24) is 10.3 Å². The van der Waals surface area contributed by atoms with Gasteiger partial charge in [-0.3, -0.25) is 0 Å². The number of anilines is 1. The van der Waals surface area contributed by atoms with Crippen molar-refractivity contribution in [3.63, 3.8) is 0 Å². The summed E-state index contributed by atoms with van der Waals surface area (Å²) >= 11 is 1.82. The lowest BCUT2D eigenvalue weighted by Crippen LogP contribution is -2.34. The fraction of sp³-hybridized carbons (Fsp3) is 0.786. The van der Waals surface area contributed by atoms with Gasteiger partial charge in [0.05, 0.1) is 5.69 Å². The molecule has 1 aromatic rings. The zero-order valence-corrected chi connectivity index (χ0v) is 12.2. The summed E-state index contributed by atoms with van der Waals surface area (Å²) < 4.78 is 0. The van der Waals surface area contributed by atoms with Gasteiger partial charge in [0, 0.05) is 30.1 Å². The number of nitrogens with one attached hydrogen (secondary N) is 1. The molecule has 1 saturated heterocycles. The molecule has 1 saturated carbocycles. The highest BCUT2D eigenvalue weighted by molar-refractivity contribution is 7.13. The van der Waals surface area contributed by atoms with Gasteiger partial charge in [-0.1, -0.05) is 6.92 Å². The van der Waals surface area contributed by atoms with Crippen molar-refractivity contribution >= 4 is 16.5 Å². The Labute approximate surface area is 114 Å². The number of hydrogen-bond donors (Lipinski definition) is 1. The molecular weight excluding hydrogens is 242 g/mol. The molecule has 18 heavy (non-hydrogen) atoms. The molecule has 100 valence electrons. The van der Waals surface area contributed by atoms with Crippen LogP contribution < -0.4 is 10.2 Å². The molecule has 4 heteroatoms. The van der Waals surface area contributed by atoms with Gasteiger partial charge in [-0.15, -0.1) is 11.3 Å². The minimum Gasteiger partial charge on any atom is -0.342 e. The first kappa shape index (κ1) is 12.4. The van der Waals surface area contributed by atoms with Gasteiger partial charge in [0.15, 0.2) is 5.13 Å². The molecular formula is C14H23N3S. The summed E-state index contributed by atoms with van der Waals surface area (Å²) in [6.07, 6.45) is 6.57. The fourth-order valence-electron chi connectivity index (χ4n) is 2.85. The lowest BCUT2D eigenvalue weighted by atomic mass is 10.2. The van der Waals surface area contributed by atoms with Crippen molar-refractivity contribution in [2.24, 2.45) is 0 Å². The lowest BCUT2D eigenvalue weighted by Gasteiger charge is -2.27. The molecule has 1 aliphatic carbocycles. The Bertz CT molecular complexity index is 399. The largest absolute Gasteiger partial charge is 0.342 e. The van der Waals surface area contributed by atoms with Gasteiger partial charge in [-0.2, -0.15) is 0 Å². The Morgan fingerprint density at radius 1 is 1.39 bits per heavy atom. The van der Waals surface area contributed by atoms with Crippen LogP contribution in [0, 0.1) is 0 Å². The molecule has 0 radical (unpaired) electrons. The van der Waals surface area contributed by atoms with E-state index in [1.165, 1.54) is 42.9 Å². The van der Waals surface area contributed by atoms with Crippen LogP contribution in [0.2, 0.25) is 0 Å². The van der Waals surface area contributed by atoms with E-state index in [4.69, 9.17) is 4.98 Å². The molecule has 1 aromatic heterocycles. The van der Waals surface area contributed by atoms with E-state index in [2.05, 4.69) is 29.4 Å². The SMILES string of the molecule is CCC1CCC(C)N1c1nc(CNC2CC2)cs1. The Hall–Kier alpha value is -0.610. The Morgan fingerprint density at radius 2 is 2.22 bits per heavy atom. The van der Waals surface area contributed by atoms with E-state index < -0.39 is 0 Å². The smallest absolute Gasteiger partial charge is 0.186 e. The van der Waals surface area contributed by atoms with Crippen LogP contribution in [0.1, 0.15) is 51.6 Å². The van der Waals surface area contributed by atoms with Crippen molar-refractivity contribution in [2.45, 2.75) is 70.6 Å². The van der Waals surface area contributed by atoms with Crippen molar-refractivity contribution < 1.29 is 0 Å². The predicted molar refractivity (Wildman–Crippen MR) is 77.2 cm³/mol. The fourth-order valence-corrected chi connectivity index (χ4v) is 3.85. The molecule has 1 aliphatic heterocycles. The highest BCUT2D eigenvalue weighted by Gasteiger charge is 2.31. The molecule has 0 aromatic carbocycles. The molecule has 2 aliphatic rings. The molecule has 3 nitrogen and oxygen atoms in total. The number of aromatic nitrogens is 1. The van der Waals surface area contributed by atoms with Crippen LogP contribution in [0.5, 0.6) is 0 Å². The number of rotatable bonds is 5. The van der Waals surface area contributed by atoms with Crippen molar-refractivity contribution in [3.05, 3.63) is 11.1 Å². The Balaban J connectivity index is 1.66. The van der Waals surface area contributed by atoms with E-state index in [1.807, 2.05) is 11.3 Å². The molecule has 2 unspecified atom stereocenters. The Morgan fingerprint density at radius 3 is 2.94 bits per heavy atom. The molecule has 2 fully saturated rings. The average molecular weight is 265 g/mol. The number of nitrogens with zero attached hydrogens (tertiary/aromatic N) is 2. The standard InChI is InChI=1S/C14H23N3S/c1-3-13-7-4-10(2)17(13)14-16-12(9-18-14)8-15-11-5-6-11/h9-11,13,15H,3-8H2,1-2H3. The Kier molecular flexibility index (Phi) is 3.57. The van der Waals surface area contributed by atoms with Crippen LogP contribution in [-0.2, 0) is 6.54 Å². The monoisotopic (exact) mass is 265 g/mol. The molecule has 0 spiro atoms. The van der Waals surface area contributed by atoms with E-state index >= 15 is 0 Å². The average Bonchev–Trinajstić information content (AvgIpc) is 2.96. The maximum atomic E-state index is 4.82. The molecule has 0 bridgehead atoms. The lowest BCUT2D eigenvalue weighted by molar-refractivity contribution is 0.623. The van der Waals surface area contributed by atoms with E-state index in [-0.39, 0.29) is 0 Å². The summed E-state index contributed by atoms with van der Waals surface area (Å²) in [5.41, 5.74) is 1.22. The molecule has 1 N–H and O–H groups in total. The normalized spacial score (nSPS) is 28.0. The van der Waals surface area contributed by atoms with Crippen molar-refractivity contribution in [2.75, 3.05) is 4.90 Å². The minimum atomic E-state index is 0.658. The molecule has 2 heterocycles. The first-order valence-electron chi connectivity index (χ1n) is 7.24. The van der Waals surface area contributed by atoms with Crippen LogP contribution >= 0.6 is 11.3 Å². The minimum absolute atomic E-state index is 0.658. The highest BCUT2D eigenvalue weighted by atomic mass is 32.1. The third-order valence-corrected chi connectivity index (χ3v) is 5.07. The van der Waals surface area contributed by atoms with Crippen molar-refractivity contribution in [3.8, 4) is 0 Å². The topological polar surface area (TPSA) is 28.2 Å². The van der Waals surface area contributed by atoms with Crippen LogP contribution in [0.25, 0.3) is 0 Å². The quantitative estimate of drug-likeness (QED) is 0.886. The number of hydrogen-bond acceptors (Lipinski definition) is 4. The van der Waals surface area contributed by atoms with Crippen molar-refractivity contribution in [1.29, 1.82) is 0 Å². The van der Waals surface area contributed by atoms with Crippen LogP contribution in [0.15, 0.2) is 5.38 Å². The first-order chi connectivity index (χ1) is 8.78. The zero-order valence-electron chi connectivity index (χ0n) is 11.4. The third kappa shape index (κ3) is 2.54. The second-order valence-corrected chi connectivity index (χ2v) is 6.51. The number of thiazole rings is 1. The third-order valence-electron chi connectivity index (χ3n) is 4.17. The maximum Gasteiger partial charge on any atom is 0.186 e. The van der Waals surface area contributed by atoms with Gasteiger partial charge in [0.2, 0.25) is 0 Å². The molecule has 2 atom stereocenters. The summed E-state index contributed by atoms with van der Waals surface area (Å²) in [6.45, 7) is 5.57. The van der Waals surface area contributed by atoms with Gasteiger partial charge >= 0.3 is 0 Å². The summed E-state index contributed by atoms with van der Waals surface area (Å²) in [5, 5.41) is 7.00. The van der Waals surface area contributed by atoms with E-state index in [9.17, 15) is 0 Å². The van der Waals surface area contributed by atoms with Gasteiger partial charge in [0.1, 0.15) is 0 Å². The summed E-state index contributed by atoms with van der Waals surface area (Å²) in [7, 11) is 0. The van der Waals surface area contributed by atoms with Gasteiger partial charge < -0.3 is 10.2 Å². The van der Waals surface area contributed by atoms with E-state index in [0.29, 0.717) is 12.1 Å². The van der Waals surface area contributed by atoms with Gasteiger partial charge in [-0.25, -0.2) is 4.98 Å². The molecule has 0 amide bonds. The van der Waals surface area contributed by atoms with Gasteiger partial charge in [0.25, 0.3) is 0 Å². The predicted octanol–water partition coefficient (Wildman–Crippen LogP) is 3.16. The zero-order chi connectivity index (χ0) is 12.5. The second kappa shape index (κ2) is 5.17. The van der Waals surface area contributed by atoms with Gasteiger partial charge in [-0.05, 0) is 39.0 Å². The summed E-state index contributed by atoms with van der Waals surface area (Å²) in [6, 6.07) is 2.13. The summed E-state index contributed by atoms with van der Waals surface area (Å²) in [4.78, 5) is 7.37. The van der Waals surface area contributed by atoms with Crippen LogP contribution in [0.3, 0.4) is 0 Å². The van der Waals surface area contributed by atoms with E-state index in [0.717, 1.165) is 12.6 Å². The van der Waals surface area contributed by atoms with E-state index in [1.54, 1.807) is 0 Å². The second-order valence-electron chi connectivity index (χ2n) is 5.67. The maximum absolute atomic E-state index is 4.82. The summed E-state index contributed by atoms with van der Waals surface area (Å²) in [5.74, 6) is 0. The van der Waals surface area contributed by atoms with Crippen LogP contribution in [0.4, 0.5) is 5.13 Å². The molecule has 3 rings (SSSR count). The first-order valence-corrected chi connectivity index (χ1v) is 8.12. The highest BCUT2D eigenvalue weighted by Crippen LogP contribution is 2.34.